The van der Waals surface area contributed by atoms with Gasteiger partial charge in [0.05, 0.1) is 12.4 Å². The Kier molecular flexibility index (Phi) is 4.91. The van der Waals surface area contributed by atoms with Crippen molar-refractivity contribution in [2.75, 3.05) is 0 Å². The lowest BCUT2D eigenvalue weighted by atomic mass is 9.87. The number of hydrogen-bond acceptors (Lipinski definition) is 8. The highest BCUT2D eigenvalue weighted by Crippen LogP contribution is 2.54. The van der Waals surface area contributed by atoms with E-state index < -0.39 is 35.9 Å². The van der Waals surface area contributed by atoms with Gasteiger partial charge in [-0.3, -0.25) is 4.79 Å². The summed E-state index contributed by atoms with van der Waals surface area (Å²) in [4.78, 5) is 24.8. The molecule has 0 spiro atoms. The Morgan fingerprint density at radius 2 is 1.93 bits per heavy atom. The lowest BCUT2D eigenvalue weighted by Gasteiger charge is -2.24. The van der Waals surface area contributed by atoms with Gasteiger partial charge in [0.2, 0.25) is 0 Å². The first kappa shape index (κ1) is 20.0. The van der Waals surface area contributed by atoms with Crippen LogP contribution in [-0.2, 0) is 28.5 Å². The number of rotatable bonds is 3. The van der Waals surface area contributed by atoms with E-state index in [-0.39, 0.29) is 18.3 Å². The number of esters is 2. The number of carbonyl (C=O) groups excluding carboxylic acids is 2. The van der Waals surface area contributed by atoms with E-state index in [9.17, 15) is 14.7 Å². The Morgan fingerprint density at radius 1 is 1.17 bits per heavy atom. The topological polar surface area (TPSA) is 111 Å². The molecule has 1 N–H and O–H groups in total. The number of aliphatic hydroxyl groups excluding tert-OH is 1. The van der Waals surface area contributed by atoms with Crippen LogP contribution in [0.2, 0.25) is 0 Å². The predicted octanol–water partition coefficient (Wildman–Crippen LogP) is 2.80. The van der Waals surface area contributed by atoms with Crippen molar-refractivity contribution in [1.82, 2.24) is 0 Å². The van der Waals surface area contributed by atoms with Gasteiger partial charge in [-0.25, -0.2) is 4.79 Å². The van der Waals surface area contributed by atoms with Crippen LogP contribution in [0.25, 0.3) is 0 Å². The van der Waals surface area contributed by atoms with Gasteiger partial charge in [0.25, 0.3) is 0 Å². The number of fused-ring (bicyclic) bond motifs is 3. The van der Waals surface area contributed by atoms with Crippen LogP contribution in [-0.4, -0.2) is 47.1 Å². The molecule has 2 saturated heterocycles. The fourth-order valence-electron chi connectivity index (χ4n) is 5.10. The molecule has 2 aliphatic heterocycles. The number of hydrogen-bond donors (Lipinski definition) is 1. The highest BCUT2D eigenvalue weighted by atomic mass is 16.7. The standard InChI is InChI=1S/C22H28O8/c1-11-10-26-18-15(11)16(24)20-22(30-20,21(25)28-13-6-4-3-5-7-13)9-8-14-17(29-14)19(18)27-12(2)23/h10,13-14,16-17,19-20,24H,3-9H2,1-2H3/t14?,16-,17-,19-,20?,22?/m1/s1. The summed E-state index contributed by atoms with van der Waals surface area (Å²) in [5.41, 5.74) is 0.0371. The van der Waals surface area contributed by atoms with Crippen LogP contribution in [0.15, 0.2) is 10.7 Å². The Labute approximate surface area is 174 Å². The second kappa shape index (κ2) is 7.35. The summed E-state index contributed by atoms with van der Waals surface area (Å²) in [5, 5.41) is 11.2. The Balaban J connectivity index is 1.43. The van der Waals surface area contributed by atoms with Crippen LogP contribution in [0.4, 0.5) is 0 Å². The summed E-state index contributed by atoms with van der Waals surface area (Å²) in [6.45, 7) is 3.14. The van der Waals surface area contributed by atoms with Crippen LogP contribution in [0.5, 0.6) is 0 Å². The number of ether oxygens (including phenoxy) is 4. The van der Waals surface area contributed by atoms with E-state index in [1.807, 2.05) is 0 Å². The quantitative estimate of drug-likeness (QED) is 0.587. The summed E-state index contributed by atoms with van der Waals surface area (Å²) in [6.07, 6.45) is 4.32. The highest BCUT2D eigenvalue weighted by molar-refractivity contribution is 5.84. The monoisotopic (exact) mass is 420 g/mol. The Morgan fingerprint density at radius 3 is 2.67 bits per heavy atom. The van der Waals surface area contributed by atoms with E-state index in [0.29, 0.717) is 29.7 Å². The van der Waals surface area contributed by atoms with E-state index in [0.717, 1.165) is 25.7 Å². The molecular weight excluding hydrogens is 392 g/mol. The zero-order chi connectivity index (χ0) is 21.0. The smallest absolute Gasteiger partial charge is 0.341 e. The molecule has 4 aliphatic rings. The summed E-state index contributed by atoms with van der Waals surface area (Å²) in [7, 11) is 0. The van der Waals surface area contributed by atoms with Gasteiger partial charge in [-0.15, -0.1) is 0 Å². The molecule has 3 unspecified atom stereocenters. The molecular formula is C22H28O8. The van der Waals surface area contributed by atoms with Crippen molar-refractivity contribution in [3.8, 4) is 0 Å². The highest BCUT2D eigenvalue weighted by Gasteiger charge is 2.68. The third kappa shape index (κ3) is 3.35. The van der Waals surface area contributed by atoms with Gasteiger partial charge in [-0.2, -0.15) is 0 Å². The number of carbonyl (C=O) groups is 2. The minimum absolute atomic E-state index is 0.0810. The molecule has 0 amide bonds. The van der Waals surface area contributed by atoms with Gasteiger partial charge in [0.15, 0.2) is 17.5 Å². The van der Waals surface area contributed by atoms with Crippen LogP contribution in [0, 0.1) is 6.92 Å². The van der Waals surface area contributed by atoms with Gasteiger partial charge in [-0.1, -0.05) is 6.42 Å². The van der Waals surface area contributed by atoms with Crippen molar-refractivity contribution in [2.45, 2.75) is 101 Å². The molecule has 0 bridgehead atoms. The lowest BCUT2D eigenvalue weighted by molar-refractivity contribution is -0.157. The average molecular weight is 420 g/mol. The SMILES string of the molecule is CC(=O)O[C@H]1c2occ(C)c2[C@@H](O)C2OC2(C(=O)OC2CCCCC2)CCC2O[C@H]21. The molecule has 30 heavy (non-hydrogen) atoms. The maximum Gasteiger partial charge on any atom is 0.341 e. The summed E-state index contributed by atoms with van der Waals surface area (Å²) in [5.74, 6) is -0.487. The molecule has 8 nitrogen and oxygen atoms in total. The van der Waals surface area contributed by atoms with Gasteiger partial charge >= 0.3 is 11.9 Å². The van der Waals surface area contributed by atoms with E-state index >= 15 is 0 Å². The van der Waals surface area contributed by atoms with Crippen LogP contribution in [0.1, 0.15) is 81.0 Å². The molecule has 1 aromatic heterocycles. The second-order valence-electron chi connectivity index (χ2n) is 8.94. The number of furan rings is 1. The van der Waals surface area contributed by atoms with Crippen molar-refractivity contribution < 1.29 is 38.1 Å². The van der Waals surface area contributed by atoms with E-state index in [1.54, 1.807) is 6.92 Å². The zero-order valence-electron chi connectivity index (χ0n) is 17.3. The molecule has 3 heterocycles. The number of aliphatic hydroxyl groups is 1. The molecule has 5 rings (SSSR count). The number of aryl methyl sites for hydroxylation is 1. The minimum Gasteiger partial charge on any atom is -0.465 e. The lowest BCUT2D eigenvalue weighted by Crippen LogP contribution is -2.36. The van der Waals surface area contributed by atoms with Crippen molar-refractivity contribution in [3.05, 3.63) is 23.2 Å². The molecule has 2 aliphatic carbocycles. The maximum atomic E-state index is 13.1. The van der Waals surface area contributed by atoms with Gasteiger partial charge in [-0.05, 0) is 51.0 Å². The third-order valence-corrected chi connectivity index (χ3v) is 6.82. The first-order valence-corrected chi connectivity index (χ1v) is 10.9. The van der Waals surface area contributed by atoms with Crippen molar-refractivity contribution in [2.24, 2.45) is 0 Å². The molecule has 1 aromatic rings. The first-order valence-electron chi connectivity index (χ1n) is 10.9. The Bertz CT molecular complexity index is 840. The number of epoxide rings is 2. The largest absolute Gasteiger partial charge is 0.465 e. The fraction of sp³-hybridized carbons (Fsp3) is 0.727. The second-order valence-corrected chi connectivity index (χ2v) is 8.94. The maximum absolute atomic E-state index is 13.1. The first-order chi connectivity index (χ1) is 14.4. The Hall–Kier alpha value is -1.90. The molecule has 0 aromatic carbocycles. The summed E-state index contributed by atoms with van der Waals surface area (Å²) >= 11 is 0. The van der Waals surface area contributed by atoms with Gasteiger partial charge in [0.1, 0.15) is 24.4 Å². The van der Waals surface area contributed by atoms with Crippen LogP contribution in [0.3, 0.4) is 0 Å². The van der Waals surface area contributed by atoms with Crippen molar-refractivity contribution in [1.29, 1.82) is 0 Å². The van der Waals surface area contributed by atoms with E-state index in [4.69, 9.17) is 23.4 Å². The predicted molar refractivity (Wildman–Crippen MR) is 101 cm³/mol. The van der Waals surface area contributed by atoms with Gasteiger partial charge < -0.3 is 28.5 Å². The third-order valence-electron chi connectivity index (χ3n) is 6.82. The van der Waals surface area contributed by atoms with Gasteiger partial charge in [0, 0.05) is 12.5 Å². The molecule has 1 saturated carbocycles. The van der Waals surface area contributed by atoms with E-state index in [2.05, 4.69) is 0 Å². The molecule has 3 fully saturated rings. The summed E-state index contributed by atoms with van der Waals surface area (Å²) < 4.78 is 28.7. The molecule has 8 heteroatoms. The van der Waals surface area contributed by atoms with E-state index in [1.165, 1.54) is 19.6 Å². The molecule has 0 radical (unpaired) electrons. The van der Waals surface area contributed by atoms with Crippen molar-refractivity contribution in [3.63, 3.8) is 0 Å². The van der Waals surface area contributed by atoms with Crippen LogP contribution >= 0.6 is 0 Å². The average Bonchev–Trinajstić information content (AvgIpc) is 3.60. The molecule has 6 atom stereocenters. The van der Waals surface area contributed by atoms with Crippen LogP contribution < -0.4 is 0 Å². The summed E-state index contributed by atoms with van der Waals surface area (Å²) in [6, 6.07) is 0. The van der Waals surface area contributed by atoms with Crippen molar-refractivity contribution >= 4 is 11.9 Å². The zero-order valence-corrected chi connectivity index (χ0v) is 17.3. The normalized spacial score (nSPS) is 37.9. The fourth-order valence-corrected chi connectivity index (χ4v) is 5.10. The minimum atomic E-state index is -1.16. The molecule has 164 valence electrons.